The van der Waals surface area contributed by atoms with E-state index >= 15 is 0 Å². The standard InChI is InChI=1S/C27H30N6O3/c1-3-14-31(26(34)20-7-5-18(2)6-8-20)25-22(27(35)36)17-33(30-25)21-11-9-19(10-12-21)23-16-24-28-13-4-15-32(24)29-23/h4,9-13,15-18,20H,3,5-8,14H2,1-2H3,(H,35,36)/t18-,20-. The molecule has 9 nitrogen and oxygen atoms in total. The van der Waals surface area contributed by atoms with Gasteiger partial charge in [0.15, 0.2) is 11.5 Å². The molecule has 0 atom stereocenters. The Morgan fingerprint density at radius 1 is 1.11 bits per heavy atom. The molecule has 3 aromatic heterocycles. The fourth-order valence-corrected chi connectivity index (χ4v) is 4.87. The van der Waals surface area contributed by atoms with Gasteiger partial charge in [0.25, 0.3) is 0 Å². The molecule has 0 aliphatic heterocycles. The van der Waals surface area contributed by atoms with Crippen molar-refractivity contribution in [3.8, 4) is 16.9 Å². The first-order valence-corrected chi connectivity index (χ1v) is 12.5. The van der Waals surface area contributed by atoms with Gasteiger partial charge in [-0.3, -0.25) is 9.69 Å². The van der Waals surface area contributed by atoms with Crippen molar-refractivity contribution in [2.24, 2.45) is 11.8 Å². The fourth-order valence-electron chi connectivity index (χ4n) is 4.87. The van der Waals surface area contributed by atoms with Crippen LogP contribution in [-0.2, 0) is 4.79 Å². The highest BCUT2D eigenvalue weighted by molar-refractivity contribution is 6.01. The smallest absolute Gasteiger partial charge is 0.341 e. The summed E-state index contributed by atoms with van der Waals surface area (Å²) in [7, 11) is 0. The zero-order valence-electron chi connectivity index (χ0n) is 20.5. The number of benzene rings is 1. The molecule has 0 unspecified atom stereocenters. The summed E-state index contributed by atoms with van der Waals surface area (Å²) in [5, 5.41) is 19.1. The molecule has 5 rings (SSSR count). The van der Waals surface area contributed by atoms with Crippen LogP contribution in [0.1, 0.15) is 56.3 Å². The Bertz CT molecular complexity index is 1350. The number of carbonyl (C=O) groups is 2. The van der Waals surface area contributed by atoms with Crippen molar-refractivity contribution < 1.29 is 14.7 Å². The van der Waals surface area contributed by atoms with Crippen LogP contribution >= 0.6 is 0 Å². The van der Waals surface area contributed by atoms with Gasteiger partial charge in [0.05, 0.1) is 11.4 Å². The van der Waals surface area contributed by atoms with Crippen molar-refractivity contribution in [1.82, 2.24) is 24.4 Å². The quantitative estimate of drug-likeness (QED) is 0.400. The molecule has 0 bridgehead atoms. The van der Waals surface area contributed by atoms with Crippen LogP contribution < -0.4 is 4.90 Å². The molecule has 1 saturated carbocycles. The van der Waals surface area contributed by atoms with E-state index in [-0.39, 0.29) is 23.2 Å². The van der Waals surface area contributed by atoms with Crippen LogP contribution in [0, 0.1) is 11.8 Å². The molecule has 0 saturated heterocycles. The highest BCUT2D eigenvalue weighted by Gasteiger charge is 2.32. The second kappa shape index (κ2) is 9.93. The van der Waals surface area contributed by atoms with Gasteiger partial charge in [0.2, 0.25) is 5.91 Å². The summed E-state index contributed by atoms with van der Waals surface area (Å²) in [6, 6.07) is 11.3. The number of carboxylic acid groups (broad SMARTS) is 1. The Morgan fingerprint density at radius 2 is 1.86 bits per heavy atom. The number of carbonyl (C=O) groups excluding carboxylic acids is 1. The van der Waals surface area contributed by atoms with Crippen LogP contribution in [0.3, 0.4) is 0 Å². The summed E-state index contributed by atoms with van der Waals surface area (Å²) >= 11 is 0. The molecule has 1 fully saturated rings. The molecule has 1 amide bonds. The summed E-state index contributed by atoms with van der Waals surface area (Å²) in [5.74, 6) is -0.368. The molecule has 1 N–H and O–H groups in total. The zero-order chi connectivity index (χ0) is 25.2. The summed E-state index contributed by atoms with van der Waals surface area (Å²) in [5.41, 5.74) is 3.17. The number of anilines is 1. The number of amides is 1. The predicted molar refractivity (Wildman–Crippen MR) is 136 cm³/mol. The number of hydrogen-bond donors (Lipinski definition) is 1. The Balaban J connectivity index is 1.45. The van der Waals surface area contributed by atoms with Crippen LogP contribution in [0.2, 0.25) is 0 Å². The first-order valence-electron chi connectivity index (χ1n) is 12.5. The molecular weight excluding hydrogens is 456 g/mol. The van der Waals surface area contributed by atoms with Crippen LogP contribution in [0.25, 0.3) is 22.6 Å². The molecule has 0 radical (unpaired) electrons. The molecule has 0 spiro atoms. The average Bonchev–Trinajstić information content (AvgIpc) is 3.52. The van der Waals surface area contributed by atoms with Gasteiger partial charge in [0.1, 0.15) is 5.56 Å². The van der Waals surface area contributed by atoms with E-state index in [1.54, 1.807) is 15.6 Å². The Morgan fingerprint density at radius 3 is 2.53 bits per heavy atom. The van der Waals surface area contributed by atoms with E-state index in [0.717, 1.165) is 42.6 Å². The van der Waals surface area contributed by atoms with Crippen LogP contribution in [-0.4, -0.2) is 47.9 Å². The van der Waals surface area contributed by atoms with Crippen molar-refractivity contribution in [2.45, 2.75) is 46.0 Å². The highest BCUT2D eigenvalue weighted by Crippen LogP contribution is 2.32. The fraction of sp³-hybridized carbons (Fsp3) is 0.370. The number of rotatable bonds is 7. The molecule has 1 aromatic carbocycles. The number of aromatic carboxylic acids is 1. The highest BCUT2D eigenvalue weighted by atomic mass is 16.4. The Kier molecular flexibility index (Phi) is 6.54. The van der Waals surface area contributed by atoms with Gasteiger partial charge < -0.3 is 5.11 Å². The third-order valence-corrected chi connectivity index (χ3v) is 6.92. The molecule has 4 aromatic rings. The van der Waals surface area contributed by atoms with Gasteiger partial charge in [-0.2, -0.15) is 5.10 Å². The number of fused-ring (bicyclic) bond motifs is 1. The van der Waals surface area contributed by atoms with E-state index in [1.807, 2.05) is 49.5 Å². The van der Waals surface area contributed by atoms with Crippen molar-refractivity contribution in [3.05, 3.63) is 60.6 Å². The largest absolute Gasteiger partial charge is 0.477 e. The SMILES string of the molecule is CCCN(c1nn(-c2ccc(-c3cc4ncccn4n3)cc2)cc1C(=O)O)C(=O)[C@H]1CC[C@H](C)CC1. The second-order valence-electron chi connectivity index (χ2n) is 9.56. The van der Waals surface area contributed by atoms with Crippen LogP contribution in [0.15, 0.2) is 55.0 Å². The molecule has 36 heavy (non-hydrogen) atoms. The molecule has 1 aliphatic carbocycles. The maximum absolute atomic E-state index is 13.5. The molecule has 9 heteroatoms. The van der Waals surface area contributed by atoms with E-state index in [2.05, 4.69) is 22.1 Å². The van der Waals surface area contributed by atoms with Crippen LogP contribution in [0.5, 0.6) is 0 Å². The van der Waals surface area contributed by atoms with Crippen molar-refractivity contribution in [3.63, 3.8) is 0 Å². The van der Waals surface area contributed by atoms with Gasteiger partial charge in [-0.1, -0.05) is 26.0 Å². The first kappa shape index (κ1) is 23.7. The summed E-state index contributed by atoms with van der Waals surface area (Å²) in [6.45, 7) is 4.63. The van der Waals surface area contributed by atoms with Gasteiger partial charge in [-0.05, 0) is 56.2 Å². The third-order valence-electron chi connectivity index (χ3n) is 6.92. The van der Waals surface area contributed by atoms with E-state index in [4.69, 9.17) is 0 Å². The maximum atomic E-state index is 13.5. The first-order chi connectivity index (χ1) is 17.4. The Labute approximate surface area is 209 Å². The third kappa shape index (κ3) is 4.60. The van der Waals surface area contributed by atoms with Crippen molar-refractivity contribution in [2.75, 3.05) is 11.4 Å². The number of nitrogens with zero attached hydrogens (tertiary/aromatic N) is 6. The second-order valence-corrected chi connectivity index (χ2v) is 9.56. The van der Waals surface area contributed by atoms with Gasteiger partial charge in [-0.15, -0.1) is 5.10 Å². The van der Waals surface area contributed by atoms with E-state index < -0.39 is 5.97 Å². The lowest BCUT2D eigenvalue weighted by Crippen LogP contribution is -2.39. The van der Waals surface area contributed by atoms with E-state index in [9.17, 15) is 14.7 Å². The monoisotopic (exact) mass is 486 g/mol. The number of hydrogen-bond acceptors (Lipinski definition) is 5. The number of carboxylic acids is 1. The predicted octanol–water partition coefficient (Wildman–Crippen LogP) is 4.85. The molecular formula is C27H30N6O3. The van der Waals surface area contributed by atoms with Gasteiger partial charge >= 0.3 is 5.97 Å². The lowest BCUT2D eigenvalue weighted by molar-refractivity contribution is -0.123. The average molecular weight is 487 g/mol. The van der Waals surface area contributed by atoms with Gasteiger partial charge in [-0.25, -0.2) is 19.0 Å². The lowest BCUT2D eigenvalue weighted by atomic mass is 9.82. The minimum Gasteiger partial charge on any atom is -0.477 e. The van der Waals surface area contributed by atoms with Crippen LogP contribution in [0.4, 0.5) is 5.82 Å². The summed E-state index contributed by atoms with van der Waals surface area (Å²) in [6.07, 6.45) is 9.48. The van der Waals surface area contributed by atoms with Crippen molar-refractivity contribution >= 4 is 23.3 Å². The molecule has 1 aliphatic rings. The molecule has 3 heterocycles. The van der Waals surface area contributed by atoms with Gasteiger partial charge in [0, 0.05) is 42.7 Å². The minimum absolute atomic E-state index is 0.0210. The molecule has 186 valence electrons. The zero-order valence-corrected chi connectivity index (χ0v) is 20.5. The van der Waals surface area contributed by atoms with E-state index in [1.165, 1.54) is 10.9 Å². The lowest BCUT2D eigenvalue weighted by Gasteiger charge is -2.30. The normalized spacial score (nSPS) is 17.8. The topological polar surface area (TPSA) is 106 Å². The maximum Gasteiger partial charge on any atom is 0.341 e. The van der Waals surface area contributed by atoms with E-state index in [0.29, 0.717) is 24.6 Å². The number of aromatic nitrogens is 5. The Hall–Kier alpha value is -4.01. The summed E-state index contributed by atoms with van der Waals surface area (Å²) in [4.78, 5) is 31.5. The summed E-state index contributed by atoms with van der Waals surface area (Å²) < 4.78 is 3.25. The minimum atomic E-state index is -1.10. The van der Waals surface area contributed by atoms with Crippen molar-refractivity contribution in [1.29, 1.82) is 0 Å².